The van der Waals surface area contributed by atoms with Crippen molar-refractivity contribution < 1.29 is 29.3 Å². The number of carbonyl (C=O) groups excluding carboxylic acids is 2. The number of hydrogen-bond donors (Lipinski definition) is 3. The van der Waals surface area contributed by atoms with E-state index in [9.17, 15) is 19.8 Å². The molecule has 0 saturated heterocycles. The molecule has 8 heteroatoms. The molecule has 0 radical (unpaired) electrons. The summed E-state index contributed by atoms with van der Waals surface area (Å²) in [4.78, 5) is 28.9. The number of hydrogen-bond acceptors (Lipinski definition) is 6. The molecule has 1 aliphatic heterocycles. The van der Waals surface area contributed by atoms with Gasteiger partial charge in [-0.05, 0) is 69.4 Å². The molecule has 5 rings (SSSR count). The van der Waals surface area contributed by atoms with Crippen molar-refractivity contribution in [3.05, 3.63) is 41.5 Å². The van der Waals surface area contributed by atoms with E-state index in [0.29, 0.717) is 49.2 Å². The minimum atomic E-state index is -0.989. The molecule has 0 aromatic heterocycles. The second-order valence-corrected chi connectivity index (χ2v) is 11.7. The molecule has 4 aliphatic rings. The number of carbonyl (C=O) groups is 2. The highest BCUT2D eigenvalue weighted by Crippen LogP contribution is 2.50. The summed E-state index contributed by atoms with van der Waals surface area (Å²) in [5.41, 5.74) is 1.32. The van der Waals surface area contributed by atoms with E-state index in [0.717, 1.165) is 17.9 Å². The van der Waals surface area contributed by atoms with Crippen molar-refractivity contribution in [2.24, 2.45) is 17.8 Å². The lowest BCUT2D eigenvalue weighted by Gasteiger charge is -2.41. The summed E-state index contributed by atoms with van der Waals surface area (Å²) in [6, 6.07) is 6.84. The van der Waals surface area contributed by atoms with Crippen LogP contribution in [-0.2, 0) is 14.3 Å². The maximum absolute atomic E-state index is 13.9. The number of amides is 2. The maximum Gasteiger partial charge on any atom is 0.247 e. The Labute approximate surface area is 225 Å². The molecule has 3 N–H and O–H groups in total. The van der Waals surface area contributed by atoms with Crippen LogP contribution < -0.4 is 10.1 Å². The summed E-state index contributed by atoms with van der Waals surface area (Å²) in [6.07, 6.45) is 6.15. The summed E-state index contributed by atoms with van der Waals surface area (Å²) < 4.78 is 12.0. The molecule has 0 spiro atoms. The van der Waals surface area contributed by atoms with Crippen molar-refractivity contribution >= 4 is 11.8 Å². The van der Waals surface area contributed by atoms with Gasteiger partial charge in [-0.1, -0.05) is 24.6 Å². The van der Waals surface area contributed by atoms with Crippen molar-refractivity contribution in [1.82, 2.24) is 10.2 Å². The van der Waals surface area contributed by atoms with Crippen LogP contribution in [0.15, 0.2) is 35.9 Å². The lowest BCUT2D eigenvalue weighted by atomic mass is 9.77. The first kappa shape index (κ1) is 27.2. The van der Waals surface area contributed by atoms with Crippen LogP contribution in [-0.4, -0.2) is 77.6 Å². The fourth-order valence-corrected chi connectivity index (χ4v) is 7.15. The topological polar surface area (TPSA) is 108 Å². The lowest BCUT2D eigenvalue weighted by Crippen LogP contribution is -2.56. The van der Waals surface area contributed by atoms with E-state index in [1.807, 2.05) is 38.1 Å². The third-order valence-corrected chi connectivity index (χ3v) is 8.87. The first-order chi connectivity index (χ1) is 18.4. The minimum absolute atomic E-state index is 0.0245. The number of aliphatic hydroxyl groups is 2. The highest BCUT2D eigenvalue weighted by Gasteiger charge is 2.50. The number of benzene rings is 1. The average Bonchev–Trinajstić information content (AvgIpc) is 3.62. The molecule has 1 heterocycles. The first-order valence-electron chi connectivity index (χ1n) is 14.3. The average molecular weight is 527 g/mol. The Balaban J connectivity index is 1.43. The van der Waals surface area contributed by atoms with Gasteiger partial charge in [0.1, 0.15) is 18.0 Å². The summed E-state index contributed by atoms with van der Waals surface area (Å²) in [5.74, 6) is 1.69. The van der Waals surface area contributed by atoms with Gasteiger partial charge in [0, 0.05) is 37.3 Å². The zero-order valence-corrected chi connectivity index (χ0v) is 22.6. The van der Waals surface area contributed by atoms with Gasteiger partial charge in [0.15, 0.2) is 0 Å². The van der Waals surface area contributed by atoms with Crippen molar-refractivity contribution in [3.8, 4) is 5.75 Å². The van der Waals surface area contributed by atoms with Crippen LogP contribution in [0.4, 0.5) is 0 Å². The number of rotatable bonds is 11. The van der Waals surface area contributed by atoms with Crippen LogP contribution in [0.3, 0.4) is 0 Å². The molecule has 8 nitrogen and oxygen atoms in total. The van der Waals surface area contributed by atoms with Crippen LogP contribution in [0.5, 0.6) is 5.75 Å². The van der Waals surface area contributed by atoms with Crippen LogP contribution in [0.2, 0.25) is 0 Å². The summed E-state index contributed by atoms with van der Waals surface area (Å²) in [5, 5.41) is 23.7. The molecular weight excluding hydrogens is 484 g/mol. The first-order valence-corrected chi connectivity index (χ1v) is 14.3. The Morgan fingerprint density at radius 3 is 2.74 bits per heavy atom. The molecule has 2 fully saturated rings. The number of fused-ring (bicyclic) bond motifs is 5. The standard InChI is InChI=1S/C30H42N2O6/c1-18(2)37-13-5-11-32(26(34)16-21-15-19-8-9-20(21)14-19)24-17-23(30(36)31-10-12-33)27-22-6-3-4-7-25(22)38-29(27)28(24)35/h3-4,6-7,17-21,24,27-29,33,35H,5,8-16H2,1-2H3,(H,31,36). The highest BCUT2D eigenvalue weighted by atomic mass is 16.5. The van der Waals surface area contributed by atoms with E-state index in [1.54, 1.807) is 11.0 Å². The van der Waals surface area contributed by atoms with Crippen molar-refractivity contribution in [1.29, 1.82) is 0 Å². The molecule has 2 saturated carbocycles. The predicted molar refractivity (Wildman–Crippen MR) is 143 cm³/mol. The van der Waals surface area contributed by atoms with Crippen LogP contribution >= 0.6 is 0 Å². The second-order valence-electron chi connectivity index (χ2n) is 11.7. The van der Waals surface area contributed by atoms with Crippen molar-refractivity contribution in [3.63, 3.8) is 0 Å². The Bertz CT molecular complexity index is 1040. The Morgan fingerprint density at radius 2 is 2.03 bits per heavy atom. The molecule has 1 aromatic carbocycles. The third-order valence-electron chi connectivity index (χ3n) is 8.87. The van der Waals surface area contributed by atoms with E-state index in [4.69, 9.17) is 9.47 Å². The van der Waals surface area contributed by atoms with E-state index in [2.05, 4.69) is 5.32 Å². The number of para-hydroxylation sites is 1. The number of nitrogens with one attached hydrogen (secondary N) is 1. The number of nitrogens with zero attached hydrogens (tertiary/aromatic N) is 1. The molecule has 1 aromatic rings. The zero-order valence-electron chi connectivity index (χ0n) is 22.6. The number of aliphatic hydroxyl groups excluding tert-OH is 2. The van der Waals surface area contributed by atoms with Gasteiger partial charge in [-0.15, -0.1) is 0 Å². The van der Waals surface area contributed by atoms with Gasteiger partial charge < -0.3 is 29.9 Å². The Kier molecular flexibility index (Phi) is 8.41. The molecule has 7 unspecified atom stereocenters. The van der Waals surface area contributed by atoms with Gasteiger partial charge >= 0.3 is 0 Å². The molecule has 2 amide bonds. The number of ether oxygens (including phenoxy) is 2. The monoisotopic (exact) mass is 526 g/mol. The van der Waals surface area contributed by atoms with E-state index >= 15 is 0 Å². The SMILES string of the molecule is CC(C)OCCCN(C(=O)CC1CC2CCC1C2)C1C=C(C(=O)NCCO)C2c3ccccc3OC2C1O. The van der Waals surface area contributed by atoms with Crippen LogP contribution in [0, 0.1) is 17.8 Å². The normalized spacial score (nSPS) is 31.0. The van der Waals surface area contributed by atoms with Crippen molar-refractivity contribution in [2.75, 3.05) is 26.3 Å². The van der Waals surface area contributed by atoms with Crippen molar-refractivity contribution in [2.45, 2.75) is 82.6 Å². The quantitative estimate of drug-likeness (QED) is 0.383. The van der Waals surface area contributed by atoms with Gasteiger partial charge in [-0.2, -0.15) is 0 Å². The van der Waals surface area contributed by atoms with Gasteiger partial charge in [0.25, 0.3) is 0 Å². The smallest absolute Gasteiger partial charge is 0.247 e. The molecule has 208 valence electrons. The van der Waals surface area contributed by atoms with E-state index in [1.165, 1.54) is 19.3 Å². The predicted octanol–water partition coefficient (Wildman–Crippen LogP) is 2.78. The van der Waals surface area contributed by atoms with Crippen LogP contribution in [0.1, 0.15) is 63.9 Å². The Morgan fingerprint density at radius 1 is 1.21 bits per heavy atom. The fraction of sp³-hybridized carbons (Fsp3) is 0.667. The summed E-state index contributed by atoms with van der Waals surface area (Å²) in [6.45, 7) is 4.87. The van der Waals surface area contributed by atoms with Gasteiger partial charge in [-0.25, -0.2) is 0 Å². The molecule has 38 heavy (non-hydrogen) atoms. The maximum atomic E-state index is 13.9. The van der Waals surface area contributed by atoms with E-state index < -0.39 is 24.2 Å². The van der Waals surface area contributed by atoms with E-state index in [-0.39, 0.29) is 31.1 Å². The van der Waals surface area contributed by atoms with Gasteiger partial charge in [0.05, 0.1) is 24.7 Å². The third kappa shape index (κ3) is 5.49. The zero-order chi connectivity index (χ0) is 26.8. The molecule has 7 atom stereocenters. The highest BCUT2D eigenvalue weighted by molar-refractivity contribution is 5.96. The molecule has 3 aliphatic carbocycles. The van der Waals surface area contributed by atoms with Crippen LogP contribution in [0.25, 0.3) is 0 Å². The molecular formula is C30H42N2O6. The lowest BCUT2D eigenvalue weighted by molar-refractivity contribution is -0.139. The Hall–Kier alpha value is -2.42. The summed E-state index contributed by atoms with van der Waals surface area (Å²) in [7, 11) is 0. The molecule has 2 bridgehead atoms. The summed E-state index contributed by atoms with van der Waals surface area (Å²) >= 11 is 0. The largest absolute Gasteiger partial charge is 0.486 e. The minimum Gasteiger partial charge on any atom is -0.486 e. The second kappa shape index (κ2) is 11.8. The van der Waals surface area contributed by atoms with Gasteiger partial charge in [0.2, 0.25) is 11.8 Å². The van der Waals surface area contributed by atoms with Gasteiger partial charge in [-0.3, -0.25) is 9.59 Å². The fourth-order valence-electron chi connectivity index (χ4n) is 7.15.